The van der Waals surface area contributed by atoms with Gasteiger partial charge in [0.1, 0.15) is 11.4 Å². The Morgan fingerprint density at radius 1 is 1.31 bits per heavy atom. The van der Waals surface area contributed by atoms with Gasteiger partial charge in [-0.2, -0.15) is 0 Å². The molecule has 0 saturated carbocycles. The highest BCUT2D eigenvalue weighted by Gasteiger charge is 2.32. The van der Waals surface area contributed by atoms with Gasteiger partial charge >= 0.3 is 5.97 Å². The highest BCUT2D eigenvalue weighted by molar-refractivity contribution is 5.94. The van der Waals surface area contributed by atoms with Gasteiger partial charge in [0.2, 0.25) is 5.91 Å². The second-order valence-electron chi connectivity index (χ2n) is 8.85. The normalized spacial score (nSPS) is 18.8. The first-order chi connectivity index (χ1) is 12.0. The number of amides is 1. The smallest absolute Gasteiger partial charge is 0.307 e. The molecule has 1 N–H and O–H groups in total. The van der Waals surface area contributed by atoms with Gasteiger partial charge < -0.3 is 14.6 Å². The summed E-state index contributed by atoms with van der Waals surface area (Å²) in [4.78, 5) is 26.5. The minimum absolute atomic E-state index is 0.111. The molecular weight excluding hydrogens is 334 g/mol. The number of likely N-dealkylation sites (tertiary alicyclic amines) is 1. The van der Waals surface area contributed by atoms with E-state index < -0.39 is 5.60 Å². The fourth-order valence-corrected chi connectivity index (χ4v) is 2.92. The molecule has 1 aliphatic rings. The second kappa shape index (κ2) is 7.78. The molecule has 7 nitrogen and oxygen atoms in total. The molecule has 0 radical (unpaired) electrons. The van der Waals surface area contributed by atoms with Gasteiger partial charge in [-0.1, -0.05) is 25.9 Å². The van der Waals surface area contributed by atoms with Crippen molar-refractivity contribution >= 4 is 17.7 Å². The van der Waals surface area contributed by atoms with Gasteiger partial charge in [0.15, 0.2) is 5.82 Å². The summed E-state index contributed by atoms with van der Waals surface area (Å²) >= 11 is 0. The van der Waals surface area contributed by atoms with Crippen molar-refractivity contribution in [1.82, 2.24) is 10.1 Å². The van der Waals surface area contributed by atoms with Crippen LogP contribution >= 0.6 is 0 Å². The average Bonchev–Trinajstić information content (AvgIpc) is 3.11. The van der Waals surface area contributed by atoms with Crippen LogP contribution in [0.2, 0.25) is 0 Å². The second-order valence-corrected chi connectivity index (χ2v) is 8.85. The minimum atomic E-state index is -0.490. The molecule has 2 rings (SSSR count). The molecule has 1 saturated heterocycles. The Morgan fingerprint density at radius 2 is 2.00 bits per heavy atom. The molecular formula is C19H31N3O4. The lowest BCUT2D eigenvalue weighted by atomic mass is 9.93. The largest absolute Gasteiger partial charge is 0.460 e. The lowest BCUT2D eigenvalue weighted by Crippen LogP contribution is -2.41. The van der Waals surface area contributed by atoms with Gasteiger partial charge in [0.25, 0.3) is 0 Å². The molecule has 2 heterocycles. The summed E-state index contributed by atoms with van der Waals surface area (Å²) in [7, 11) is 0. The predicted octanol–water partition coefficient (Wildman–Crippen LogP) is 3.11. The van der Waals surface area contributed by atoms with E-state index >= 15 is 0 Å². The number of nitrogens with one attached hydrogen (secondary N) is 1. The number of nitrogens with zero attached hydrogens (tertiary/aromatic N) is 2. The molecule has 0 aromatic carbocycles. The summed E-state index contributed by atoms with van der Waals surface area (Å²) in [6, 6.07) is 1.50. The predicted molar refractivity (Wildman–Crippen MR) is 98.9 cm³/mol. The fourth-order valence-electron chi connectivity index (χ4n) is 2.92. The molecule has 1 unspecified atom stereocenters. The van der Waals surface area contributed by atoms with Crippen LogP contribution in [0.5, 0.6) is 0 Å². The summed E-state index contributed by atoms with van der Waals surface area (Å²) in [6.45, 7) is 12.9. The monoisotopic (exact) mass is 365 g/mol. The third-order valence-electron chi connectivity index (χ3n) is 4.19. The molecule has 1 fully saturated rings. The zero-order chi connectivity index (χ0) is 19.5. The Hall–Kier alpha value is -1.89. The first kappa shape index (κ1) is 20.4. The summed E-state index contributed by atoms with van der Waals surface area (Å²) in [5.41, 5.74) is -0.653. The maximum atomic E-state index is 12.6. The summed E-state index contributed by atoms with van der Waals surface area (Å²) in [5, 5.41) is 6.76. The van der Waals surface area contributed by atoms with Crippen LogP contribution in [-0.4, -0.2) is 46.7 Å². The van der Waals surface area contributed by atoms with Crippen molar-refractivity contribution < 1.29 is 18.8 Å². The van der Waals surface area contributed by atoms with E-state index in [9.17, 15) is 9.59 Å². The Labute approximate surface area is 155 Å². The van der Waals surface area contributed by atoms with E-state index in [2.05, 4.69) is 10.5 Å². The summed E-state index contributed by atoms with van der Waals surface area (Å²) in [6.07, 6.45) is 1.97. The lowest BCUT2D eigenvalue weighted by Gasteiger charge is -2.24. The van der Waals surface area contributed by atoms with E-state index in [0.717, 1.165) is 25.1 Å². The molecule has 1 atom stereocenters. The van der Waals surface area contributed by atoms with Gasteiger partial charge in [-0.3, -0.25) is 14.5 Å². The number of hydrogen-bond acceptors (Lipinski definition) is 6. The molecule has 7 heteroatoms. The van der Waals surface area contributed by atoms with Gasteiger partial charge in [-0.15, -0.1) is 0 Å². The van der Waals surface area contributed by atoms with Crippen LogP contribution in [0.3, 0.4) is 0 Å². The van der Waals surface area contributed by atoms with Crippen LogP contribution in [-0.2, 0) is 19.7 Å². The minimum Gasteiger partial charge on any atom is -0.460 e. The SMILES string of the molecule is CC(C)(C)OC(=O)CCN1CCCC1C(=O)Nc1cc(C(C)(C)C)on1. The van der Waals surface area contributed by atoms with Crippen LogP contribution in [0.1, 0.15) is 66.6 Å². The quantitative estimate of drug-likeness (QED) is 0.807. The standard InChI is InChI=1S/C19H31N3O4/c1-18(2,3)14-12-15(21-26-14)20-17(24)13-8-7-10-22(13)11-9-16(23)25-19(4,5)6/h12-13H,7-11H2,1-6H3,(H,20,21,24). The first-order valence-electron chi connectivity index (χ1n) is 9.20. The summed E-state index contributed by atoms with van der Waals surface area (Å²) < 4.78 is 10.6. The number of carbonyl (C=O) groups excluding carboxylic acids is 2. The Morgan fingerprint density at radius 3 is 2.58 bits per heavy atom. The van der Waals surface area contributed by atoms with E-state index in [1.807, 2.05) is 46.4 Å². The molecule has 146 valence electrons. The molecule has 1 aromatic rings. The Kier molecular flexibility index (Phi) is 6.11. The van der Waals surface area contributed by atoms with Gasteiger partial charge in [-0.25, -0.2) is 0 Å². The van der Waals surface area contributed by atoms with Crippen LogP contribution in [0.15, 0.2) is 10.6 Å². The van der Waals surface area contributed by atoms with Gasteiger partial charge in [0.05, 0.1) is 12.5 Å². The highest BCUT2D eigenvalue weighted by atomic mass is 16.6. The third-order valence-corrected chi connectivity index (χ3v) is 4.19. The number of ether oxygens (including phenoxy) is 1. The van der Waals surface area contributed by atoms with Crippen molar-refractivity contribution in [2.45, 2.75) is 77.9 Å². The first-order valence-corrected chi connectivity index (χ1v) is 9.20. The zero-order valence-electron chi connectivity index (χ0n) is 16.7. The van der Waals surface area contributed by atoms with Crippen molar-refractivity contribution in [3.8, 4) is 0 Å². The van der Waals surface area contributed by atoms with E-state index in [1.54, 1.807) is 6.07 Å². The fraction of sp³-hybridized carbons (Fsp3) is 0.737. The van der Waals surface area contributed by atoms with Crippen molar-refractivity contribution in [2.24, 2.45) is 0 Å². The van der Waals surface area contributed by atoms with E-state index in [-0.39, 0.29) is 29.8 Å². The van der Waals surface area contributed by atoms with Crippen LogP contribution < -0.4 is 5.32 Å². The molecule has 0 spiro atoms. The summed E-state index contributed by atoms with van der Waals surface area (Å²) in [5.74, 6) is 0.801. The topological polar surface area (TPSA) is 84.7 Å². The van der Waals surface area contributed by atoms with Crippen molar-refractivity contribution in [2.75, 3.05) is 18.4 Å². The van der Waals surface area contributed by atoms with Crippen LogP contribution in [0, 0.1) is 0 Å². The van der Waals surface area contributed by atoms with Crippen LogP contribution in [0.4, 0.5) is 5.82 Å². The number of aromatic nitrogens is 1. The lowest BCUT2D eigenvalue weighted by molar-refractivity contribution is -0.155. The Balaban J connectivity index is 1.89. The van der Waals surface area contributed by atoms with E-state index in [1.165, 1.54) is 0 Å². The molecule has 26 heavy (non-hydrogen) atoms. The number of rotatable bonds is 5. The number of carbonyl (C=O) groups is 2. The average molecular weight is 365 g/mol. The van der Waals surface area contributed by atoms with Crippen molar-refractivity contribution in [3.05, 3.63) is 11.8 Å². The third kappa shape index (κ3) is 5.83. The highest BCUT2D eigenvalue weighted by Crippen LogP contribution is 2.25. The zero-order valence-corrected chi connectivity index (χ0v) is 16.7. The molecule has 1 aromatic heterocycles. The van der Waals surface area contributed by atoms with Crippen molar-refractivity contribution in [1.29, 1.82) is 0 Å². The molecule has 1 aliphatic heterocycles. The number of esters is 1. The maximum absolute atomic E-state index is 12.6. The molecule has 0 aliphatic carbocycles. The number of hydrogen-bond donors (Lipinski definition) is 1. The van der Waals surface area contributed by atoms with E-state index in [0.29, 0.717) is 12.4 Å². The van der Waals surface area contributed by atoms with Crippen molar-refractivity contribution in [3.63, 3.8) is 0 Å². The number of anilines is 1. The van der Waals surface area contributed by atoms with Gasteiger partial charge in [-0.05, 0) is 40.2 Å². The van der Waals surface area contributed by atoms with Crippen LogP contribution in [0.25, 0.3) is 0 Å². The Bertz CT molecular complexity index is 640. The van der Waals surface area contributed by atoms with E-state index in [4.69, 9.17) is 9.26 Å². The van der Waals surface area contributed by atoms with Gasteiger partial charge in [0, 0.05) is 18.0 Å². The molecule has 0 bridgehead atoms. The molecule has 1 amide bonds. The maximum Gasteiger partial charge on any atom is 0.307 e.